The van der Waals surface area contributed by atoms with Gasteiger partial charge in [-0.05, 0) is 37.1 Å². The summed E-state index contributed by atoms with van der Waals surface area (Å²) in [5.41, 5.74) is 0.440. The molecule has 2 atom stereocenters. The maximum atomic E-state index is 11.1. The van der Waals surface area contributed by atoms with Gasteiger partial charge in [-0.15, -0.1) is 0 Å². The van der Waals surface area contributed by atoms with E-state index in [1.54, 1.807) is 0 Å². The first-order valence-corrected chi connectivity index (χ1v) is 8.68. The Labute approximate surface area is 139 Å². The summed E-state index contributed by atoms with van der Waals surface area (Å²) in [6.07, 6.45) is 1.42. The van der Waals surface area contributed by atoms with Crippen molar-refractivity contribution in [2.24, 2.45) is 5.92 Å². The van der Waals surface area contributed by atoms with Crippen LogP contribution in [0.2, 0.25) is 5.02 Å². The fourth-order valence-corrected chi connectivity index (χ4v) is 3.45. The number of hydrogen-bond donors (Lipinski definition) is 1. The Morgan fingerprint density at radius 1 is 1.27 bits per heavy atom. The average Bonchev–Trinajstić information content (AvgIpc) is 2.49. The molecule has 124 valence electrons. The second-order valence-corrected chi connectivity index (χ2v) is 7.21. The summed E-state index contributed by atoms with van der Waals surface area (Å²) in [5, 5.41) is 11.9. The van der Waals surface area contributed by atoms with E-state index in [9.17, 15) is 5.11 Å². The Morgan fingerprint density at radius 2 is 1.95 bits per heavy atom. The third kappa shape index (κ3) is 4.69. The van der Waals surface area contributed by atoms with Crippen molar-refractivity contribution in [1.29, 1.82) is 0 Å². The van der Waals surface area contributed by atoms with Gasteiger partial charge >= 0.3 is 0 Å². The molecule has 22 heavy (non-hydrogen) atoms. The molecule has 0 saturated carbocycles. The van der Waals surface area contributed by atoms with Crippen LogP contribution in [0.25, 0.3) is 0 Å². The Hall–Kier alpha value is -0.610. The monoisotopic (exact) mass is 324 g/mol. The molecule has 1 heterocycles. The van der Waals surface area contributed by atoms with E-state index in [4.69, 9.17) is 11.6 Å². The van der Waals surface area contributed by atoms with Crippen molar-refractivity contribution in [3.05, 3.63) is 34.9 Å². The molecule has 1 aliphatic rings. The molecule has 0 aliphatic carbocycles. The van der Waals surface area contributed by atoms with Crippen molar-refractivity contribution in [1.82, 2.24) is 9.80 Å². The van der Waals surface area contributed by atoms with Crippen LogP contribution in [0.5, 0.6) is 0 Å². The molecule has 3 nitrogen and oxygen atoms in total. The number of rotatable bonds is 6. The van der Waals surface area contributed by atoms with Gasteiger partial charge in [-0.1, -0.05) is 37.6 Å². The first-order chi connectivity index (χ1) is 10.4. The van der Waals surface area contributed by atoms with Crippen molar-refractivity contribution in [2.45, 2.75) is 32.3 Å². The average molecular weight is 325 g/mol. The van der Waals surface area contributed by atoms with Crippen LogP contribution < -0.4 is 0 Å². The summed E-state index contributed by atoms with van der Waals surface area (Å²) in [6.45, 7) is 9.63. The standard InChI is InChI=1S/C18H29ClN2O/c1-4-18(22,13-16-6-5-7-17(19)12-16)15(2)14-21-10-8-20(3)9-11-21/h5-7,12,15,22H,4,8-11,13-14H2,1-3H3. The van der Waals surface area contributed by atoms with Gasteiger partial charge in [0.2, 0.25) is 0 Å². The number of piperazine rings is 1. The lowest BCUT2D eigenvalue weighted by Crippen LogP contribution is -2.50. The van der Waals surface area contributed by atoms with Crippen LogP contribution in [0.4, 0.5) is 0 Å². The Kier molecular flexibility index (Phi) is 6.27. The molecule has 0 bridgehead atoms. The van der Waals surface area contributed by atoms with Gasteiger partial charge < -0.3 is 14.9 Å². The van der Waals surface area contributed by atoms with Crippen LogP contribution in [0.3, 0.4) is 0 Å². The molecule has 0 amide bonds. The predicted octanol–water partition coefficient (Wildman–Crippen LogP) is 2.91. The minimum absolute atomic E-state index is 0.236. The van der Waals surface area contributed by atoms with Crippen LogP contribution >= 0.6 is 11.6 Å². The van der Waals surface area contributed by atoms with Gasteiger partial charge in [-0.25, -0.2) is 0 Å². The molecule has 0 spiro atoms. The van der Waals surface area contributed by atoms with Crippen LogP contribution in [0.15, 0.2) is 24.3 Å². The van der Waals surface area contributed by atoms with Gasteiger partial charge in [-0.3, -0.25) is 0 Å². The zero-order valence-corrected chi connectivity index (χ0v) is 14.8. The quantitative estimate of drug-likeness (QED) is 0.871. The number of hydrogen-bond acceptors (Lipinski definition) is 3. The van der Waals surface area contributed by atoms with Gasteiger partial charge in [0.25, 0.3) is 0 Å². The van der Waals surface area contributed by atoms with Gasteiger partial charge in [0.05, 0.1) is 5.60 Å². The highest BCUT2D eigenvalue weighted by Crippen LogP contribution is 2.28. The normalized spacial score (nSPS) is 21.5. The third-order valence-corrected chi connectivity index (χ3v) is 5.29. The highest BCUT2D eigenvalue weighted by Gasteiger charge is 2.33. The molecule has 0 aromatic heterocycles. The molecular weight excluding hydrogens is 296 g/mol. The van der Waals surface area contributed by atoms with Crippen LogP contribution in [-0.2, 0) is 6.42 Å². The number of aliphatic hydroxyl groups is 1. The largest absolute Gasteiger partial charge is 0.389 e. The molecule has 0 radical (unpaired) electrons. The summed E-state index contributed by atoms with van der Waals surface area (Å²) in [6, 6.07) is 7.85. The Balaban J connectivity index is 1.98. The van der Waals surface area contributed by atoms with E-state index in [0.29, 0.717) is 6.42 Å². The number of halogens is 1. The molecule has 1 fully saturated rings. The minimum atomic E-state index is -0.673. The van der Waals surface area contributed by atoms with Crippen molar-refractivity contribution < 1.29 is 5.11 Å². The fraction of sp³-hybridized carbons (Fsp3) is 0.667. The van der Waals surface area contributed by atoms with E-state index >= 15 is 0 Å². The molecule has 1 saturated heterocycles. The summed E-state index contributed by atoms with van der Waals surface area (Å²) < 4.78 is 0. The van der Waals surface area contributed by atoms with E-state index in [2.05, 4.69) is 36.8 Å². The van der Waals surface area contributed by atoms with E-state index in [1.165, 1.54) is 0 Å². The van der Waals surface area contributed by atoms with Gasteiger partial charge in [0.1, 0.15) is 0 Å². The second-order valence-electron chi connectivity index (χ2n) is 6.77. The maximum absolute atomic E-state index is 11.1. The maximum Gasteiger partial charge on any atom is 0.0722 e. The highest BCUT2D eigenvalue weighted by molar-refractivity contribution is 6.30. The van der Waals surface area contributed by atoms with Crippen molar-refractivity contribution in [3.8, 4) is 0 Å². The van der Waals surface area contributed by atoms with Gasteiger partial charge in [-0.2, -0.15) is 0 Å². The van der Waals surface area contributed by atoms with Gasteiger partial charge in [0, 0.05) is 44.2 Å². The minimum Gasteiger partial charge on any atom is -0.389 e. The molecule has 4 heteroatoms. The second kappa shape index (κ2) is 7.78. The van der Waals surface area contributed by atoms with Crippen LogP contribution in [0.1, 0.15) is 25.8 Å². The van der Waals surface area contributed by atoms with E-state index in [-0.39, 0.29) is 5.92 Å². The molecule has 1 aromatic rings. The lowest BCUT2D eigenvalue weighted by Gasteiger charge is -2.39. The zero-order valence-electron chi connectivity index (χ0n) is 14.1. The van der Waals surface area contributed by atoms with Crippen LogP contribution in [-0.4, -0.2) is 60.3 Å². The number of nitrogens with zero attached hydrogens (tertiary/aromatic N) is 2. The molecule has 2 rings (SSSR count). The summed E-state index contributed by atoms with van der Waals surface area (Å²) in [5.74, 6) is 0.236. The van der Waals surface area contributed by atoms with E-state index < -0.39 is 5.60 Å². The zero-order chi connectivity index (χ0) is 16.2. The Bertz CT molecular complexity index is 474. The van der Waals surface area contributed by atoms with Crippen molar-refractivity contribution in [2.75, 3.05) is 39.8 Å². The first kappa shape index (κ1) is 17.7. The van der Waals surface area contributed by atoms with Crippen LogP contribution in [0, 0.1) is 5.92 Å². The first-order valence-electron chi connectivity index (χ1n) is 8.30. The molecule has 1 N–H and O–H groups in total. The van der Waals surface area contributed by atoms with Crippen molar-refractivity contribution >= 4 is 11.6 Å². The summed E-state index contributed by atoms with van der Waals surface area (Å²) in [7, 11) is 2.17. The molecule has 2 unspecified atom stereocenters. The third-order valence-electron chi connectivity index (χ3n) is 5.06. The lowest BCUT2D eigenvalue weighted by atomic mass is 9.80. The lowest BCUT2D eigenvalue weighted by molar-refractivity contribution is -0.0314. The topological polar surface area (TPSA) is 26.7 Å². The van der Waals surface area contributed by atoms with Gasteiger partial charge in [0.15, 0.2) is 0 Å². The molecule has 1 aromatic carbocycles. The predicted molar refractivity (Wildman–Crippen MR) is 93.5 cm³/mol. The summed E-state index contributed by atoms with van der Waals surface area (Å²) >= 11 is 6.07. The fourth-order valence-electron chi connectivity index (χ4n) is 3.24. The highest BCUT2D eigenvalue weighted by atomic mass is 35.5. The van der Waals surface area contributed by atoms with E-state index in [1.807, 2.05) is 18.2 Å². The van der Waals surface area contributed by atoms with Crippen molar-refractivity contribution in [3.63, 3.8) is 0 Å². The smallest absolute Gasteiger partial charge is 0.0722 e. The Morgan fingerprint density at radius 3 is 2.55 bits per heavy atom. The molecular formula is C18H29ClN2O. The van der Waals surface area contributed by atoms with E-state index in [0.717, 1.165) is 49.7 Å². The molecule has 1 aliphatic heterocycles. The summed E-state index contributed by atoms with van der Waals surface area (Å²) in [4.78, 5) is 4.84. The number of likely N-dealkylation sites (N-methyl/N-ethyl adjacent to an activating group) is 1. The SMILES string of the molecule is CCC(O)(Cc1cccc(Cl)c1)C(C)CN1CCN(C)CC1. The number of benzene rings is 1.